The van der Waals surface area contributed by atoms with Crippen molar-refractivity contribution in [1.29, 1.82) is 0 Å². The molecule has 0 bridgehead atoms. The van der Waals surface area contributed by atoms with Gasteiger partial charge in [-0.25, -0.2) is 0 Å². The fourth-order valence-corrected chi connectivity index (χ4v) is 3.20. The topological polar surface area (TPSA) is 120 Å². The zero-order valence-electron chi connectivity index (χ0n) is 17.6. The van der Waals surface area contributed by atoms with Crippen molar-refractivity contribution in [1.82, 2.24) is 9.13 Å². The minimum Gasteiger partial charge on any atom is -0.466 e. The summed E-state index contributed by atoms with van der Waals surface area (Å²) >= 11 is 0. The number of nitrogens with zero attached hydrogens (tertiary/aromatic N) is 2. The first kappa shape index (κ1) is 21.7. The molecule has 0 aliphatic carbocycles. The average Bonchev–Trinajstić information content (AvgIpc) is 3.23. The summed E-state index contributed by atoms with van der Waals surface area (Å²) in [5.41, 5.74) is 8.75. The summed E-state index contributed by atoms with van der Waals surface area (Å²) in [5.74, 6) is -1.00. The number of anilines is 3. The van der Waals surface area contributed by atoms with Crippen LogP contribution in [0.5, 0.6) is 0 Å². The van der Waals surface area contributed by atoms with Gasteiger partial charge in [0.2, 0.25) is 0 Å². The van der Waals surface area contributed by atoms with Gasteiger partial charge in [-0.05, 0) is 36.8 Å². The van der Waals surface area contributed by atoms with Gasteiger partial charge in [0.1, 0.15) is 11.4 Å². The molecule has 3 aromatic rings. The van der Waals surface area contributed by atoms with Gasteiger partial charge in [0.05, 0.1) is 24.4 Å². The number of nitrogens with one attached hydrogen (secondary N) is 2. The normalized spacial score (nSPS) is 10.5. The maximum atomic E-state index is 12.7. The highest BCUT2D eigenvalue weighted by atomic mass is 16.5. The van der Waals surface area contributed by atoms with Gasteiger partial charge in [-0.2, -0.15) is 0 Å². The van der Waals surface area contributed by atoms with Crippen LogP contribution in [0.1, 0.15) is 33.5 Å². The van der Waals surface area contributed by atoms with Crippen LogP contribution in [0, 0.1) is 0 Å². The lowest BCUT2D eigenvalue weighted by molar-refractivity contribution is -0.142. The largest absolute Gasteiger partial charge is 0.466 e. The molecule has 0 spiro atoms. The molecule has 0 radical (unpaired) electrons. The molecule has 3 rings (SSSR count). The molecular weight excluding hydrogens is 398 g/mol. The minimum atomic E-state index is -0.348. The molecule has 2 amide bonds. The number of aryl methyl sites for hydroxylation is 2. The van der Waals surface area contributed by atoms with Crippen LogP contribution in [-0.4, -0.2) is 33.5 Å². The van der Waals surface area contributed by atoms with Crippen molar-refractivity contribution in [3.63, 3.8) is 0 Å². The van der Waals surface area contributed by atoms with Crippen LogP contribution in [0.3, 0.4) is 0 Å². The highest BCUT2D eigenvalue weighted by molar-refractivity contribution is 6.07. The monoisotopic (exact) mass is 423 g/mol. The third-order valence-corrected chi connectivity index (χ3v) is 4.59. The van der Waals surface area contributed by atoms with Crippen molar-refractivity contribution >= 4 is 34.8 Å². The molecule has 4 N–H and O–H groups in total. The van der Waals surface area contributed by atoms with E-state index < -0.39 is 0 Å². The Morgan fingerprint density at radius 1 is 0.935 bits per heavy atom. The zero-order chi connectivity index (χ0) is 22.5. The smallest absolute Gasteiger partial charge is 0.310 e. The molecule has 0 saturated carbocycles. The lowest BCUT2D eigenvalue weighted by atomic mass is 10.1. The summed E-state index contributed by atoms with van der Waals surface area (Å²) in [5, 5.41) is 5.58. The first-order valence-corrected chi connectivity index (χ1v) is 9.72. The Morgan fingerprint density at radius 2 is 1.58 bits per heavy atom. The summed E-state index contributed by atoms with van der Waals surface area (Å²) in [4.78, 5) is 36.9. The molecule has 0 fully saturated rings. The van der Waals surface area contributed by atoms with Gasteiger partial charge < -0.3 is 30.2 Å². The SMILES string of the molecule is CCOC(=O)Cc1cccc(NC(=O)c2cc(NC(=O)c3cc(N)cn3C)cn2C)c1. The van der Waals surface area contributed by atoms with E-state index in [1.165, 1.54) is 0 Å². The number of nitrogens with two attached hydrogens (primary N) is 1. The Labute approximate surface area is 179 Å². The lowest BCUT2D eigenvalue weighted by Gasteiger charge is -2.08. The summed E-state index contributed by atoms with van der Waals surface area (Å²) in [6.07, 6.45) is 3.42. The Morgan fingerprint density at radius 3 is 2.23 bits per heavy atom. The number of benzene rings is 1. The fraction of sp³-hybridized carbons (Fsp3) is 0.227. The molecule has 0 unspecified atom stereocenters. The van der Waals surface area contributed by atoms with Crippen LogP contribution in [0.2, 0.25) is 0 Å². The summed E-state index contributed by atoms with van der Waals surface area (Å²) in [7, 11) is 3.44. The van der Waals surface area contributed by atoms with E-state index in [4.69, 9.17) is 10.5 Å². The Balaban J connectivity index is 1.69. The summed E-state index contributed by atoms with van der Waals surface area (Å²) in [6, 6.07) is 10.2. The molecule has 31 heavy (non-hydrogen) atoms. The summed E-state index contributed by atoms with van der Waals surface area (Å²) < 4.78 is 8.20. The van der Waals surface area contributed by atoms with Gasteiger partial charge in [0.15, 0.2) is 0 Å². The number of carbonyl (C=O) groups is 3. The van der Waals surface area contributed by atoms with Crippen molar-refractivity contribution in [2.24, 2.45) is 14.1 Å². The molecule has 2 heterocycles. The van der Waals surface area contributed by atoms with E-state index >= 15 is 0 Å². The van der Waals surface area contributed by atoms with Gasteiger partial charge in [-0.3, -0.25) is 14.4 Å². The molecule has 0 saturated heterocycles. The molecule has 9 heteroatoms. The van der Waals surface area contributed by atoms with Crippen LogP contribution in [0.25, 0.3) is 0 Å². The first-order chi connectivity index (χ1) is 14.8. The zero-order valence-corrected chi connectivity index (χ0v) is 17.6. The molecule has 0 atom stereocenters. The third-order valence-electron chi connectivity index (χ3n) is 4.59. The number of rotatable bonds is 7. The van der Waals surface area contributed by atoms with Gasteiger partial charge in [0.25, 0.3) is 11.8 Å². The highest BCUT2D eigenvalue weighted by Gasteiger charge is 2.16. The molecule has 162 valence electrons. The lowest BCUT2D eigenvalue weighted by Crippen LogP contribution is -2.16. The van der Waals surface area contributed by atoms with E-state index in [2.05, 4.69) is 10.6 Å². The number of carbonyl (C=O) groups excluding carboxylic acids is 3. The molecular formula is C22H25N5O4. The number of aromatic nitrogens is 2. The molecule has 2 aromatic heterocycles. The fourth-order valence-electron chi connectivity index (χ4n) is 3.20. The Bertz CT molecular complexity index is 1130. The van der Waals surface area contributed by atoms with Gasteiger partial charge >= 0.3 is 5.97 Å². The predicted octanol–water partition coefficient (Wildman–Crippen LogP) is 2.56. The minimum absolute atomic E-state index is 0.127. The van der Waals surface area contributed by atoms with Crippen LogP contribution in [0.15, 0.2) is 48.8 Å². The van der Waals surface area contributed by atoms with Gasteiger partial charge in [-0.1, -0.05) is 12.1 Å². The van der Waals surface area contributed by atoms with Crippen molar-refractivity contribution in [2.75, 3.05) is 23.0 Å². The number of nitrogen functional groups attached to an aromatic ring is 1. The van der Waals surface area contributed by atoms with Crippen molar-refractivity contribution < 1.29 is 19.1 Å². The van der Waals surface area contributed by atoms with Crippen LogP contribution in [0.4, 0.5) is 17.1 Å². The second-order valence-electron chi connectivity index (χ2n) is 7.08. The van der Waals surface area contributed by atoms with Crippen molar-refractivity contribution in [3.8, 4) is 0 Å². The highest BCUT2D eigenvalue weighted by Crippen LogP contribution is 2.18. The molecule has 0 aliphatic heterocycles. The number of hydrogen-bond acceptors (Lipinski definition) is 5. The second-order valence-corrected chi connectivity index (χ2v) is 7.08. The Kier molecular flexibility index (Phi) is 6.44. The van der Waals surface area contributed by atoms with E-state index in [1.807, 2.05) is 0 Å². The molecule has 1 aromatic carbocycles. The van der Waals surface area contributed by atoms with E-state index in [-0.39, 0.29) is 24.2 Å². The standard InChI is InChI=1S/C22H25N5O4/c1-4-31-20(28)9-14-6-5-7-16(8-14)24-22(30)19-11-17(13-27(19)3)25-21(29)18-10-15(23)12-26(18)2/h5-8,10-13H,4,9,23H2,1-3H3,(H,24,30)(H,25,29). The van der Waals surface area contributed by atoms with E-state index in [0.29, 0.717) is 35.1 Å². The third kappa shape index (κ3) is 5.33. The van der Waals surface area contributed by atoms with Crippen LogP contribution in [-0.2, 0) is 30.0 Å². The number of esters is 1. The van der Waals surface area contributed by atoms with Crippen molar-refractivity contribution in [3.05, 3.63) is 65.7 Å². The number of ether oxygens (including phenoxy) is 1. The van der Waals surface area contributed by atoms with Gasteiger partial charge in [-0.15, -0.1) is 0 Å². The summed E-state index contributed by atoms with van der Waals surface area (Å²) in [6.45, 7) is 2.07. The van der Waals surface area contributed by atoms with Crippen molar-refractivity contribution in [2.45, 2.75) is 13.3 Å². The van der Waals surface area contributed by atoms with Crippen LogP contribution >= 0.6 is 0 Å². The quantitative estimate of drug-likeness (QED) is 0.505. The first-order valence-electron chi connectivity index (χ1n) is 9.72. The van der Waals surface area contributed by atoms with Crippen LogP contribution < -0.4 is 16.4 Å². The molecule has 0 aliphatic rings. The van der Waals surface area contributed by atoms with E-state index in [9.17, 15) is 14.4 Å². The maximum absolute atomic E-state index is 12.7. The Hall–Kier alpha value is -4.01. The van der Waals surface area contributed by atoms with Gasteiger partial charge in [0, 0.05) is 32.2 Å². The maximum Gasteiger partial charge on any atom is 0.310 e. The average molecular weight is 423 g/mol. The second kappa shape index (κ2) is 9.21. The molecule has 9 nitrogen and oxygen atoms in total. The van der Waals surface area contributed by atoms with E-state index in [0.717, 1.165) is 5.56 Å². The van der Waals surface area contributed by atoms with E-state index in [1.54, 1.807) is 78.9 Å². The number of amides is 2. The number of hydrogen-bond donors (Lipinski definition) is 3. The predicted molar refractivity (Wildman–Crippen MR) is 118 cm³/mol.